The number of nitrogens with two attached hydrogens (primary N) is 2. The van der Waals surface area contributed by atoms with Crippen molar-refractivity contribution in [1.29, 1.82) is 0 Å². The van der Waals surface area contributed by atoms with Gasteiger partial charge in [0.1, 0.15) is 23.0 Å². The maximum atomic E-state index is 10.4. The largest absolute Gasteiger partial charge is 2.00 e. The molecule has 139 valence electrons. The number of hydrogen-bond acceptors (Lipinski definition) is 12. The number of rotatable bonds is 2. The van der Waals surface area contributed by atoms with Crippen LogP contribution in [-0.2, 0) is 16.8 Å². The summed E-state index contributed by atoms with van der Waals surface area (Å²) in [5.74, 6) is -3.79. The Morgan fingerprint density at radius 1 is 0.778 bits per heavy atom. The smallest absolute Gasteiger partial charge is 0.541 e. The molecule has 15 heteroatoms. The third kappa shape index (κ3) is 3.88. The number of aromatic nitrogens is 8. The van der Waals surface area contributed by atoms with Crippen LogP contribution in [-0.4, -0.2) is 51.8 Å². The number of fused-ring (bicyclic) bond motifs is 2. The first-order valence-electron chi connectivity index (χ1n) is 6.72. The zero-order valence-corrected chi connectivity index (χ0v) is 14.0. The molecule has 0 amide bonds. The maximum Gasteiger partial charge on any atom is 2.00 e. The van der Waals surface area contributed by atoms with Crippen molar-refractivity contribution in [3.63, 3.8) is 0 Å². The van der Waals surface area contributed by atoms with Gasteiger partial charge in [-0.3, -0.25) is 0 Å². The van der Waals surface area contributed by atoms with Gasteiger partial charge in [-0.25, -0.2) is 29.9 Å². The molecule has 4 heterocycles. The molecule has 4 rings (SSSR count). The molecule has 0 aromatic carbocycles. The van der Waals surface area contributed by atoms with Gasteiger partial charge >= 0.3 is 16.8 Å². The van der Waals surface area contributed by atoms with Crippen LogP contribution in [0.15, 0.2) is 12.7 Å². The number of carboxylic acid groups (broad SMARTS) is 2. The Hall–Kier alpha value is -3.85. The van der Waals surface area contributed by atoms with Crippen LogP contribution in [0.1, 0.15) is 21.2 Å². The summed E-state index contributed by atoms with van der Waals surface area (Å²) in [7, 11) is 0. The quantitative estimate of drug-likeness (QED) is 0.250. The molecule has 0 spiro atoms. The van der Waals surface area contributed by atoms with E-state index in [2.05, 4.69) is 39.9 Å². The summed E-state index contributed by atoms with van der Waals surface area (Å²) < 4.78 is 0. The van der Waals surface area contributed by atoms with Crippen molar-refractivity contribution in [2.24, 2.45) is 0 Å². The number of carbonyl (C=O) groups is 2. The third-order valence-corrected chi connectivity index (χ3v) is 2.99. The van der Waals surface area contributed by atoms with Crippen LogP contribution in [0.4, 0.5) is 11.6 Å². The molecule has 0 aliphatic carbocycles. The first kappa shape index (κ1) is 19.5. The zero-order valence-electron chi connectivity index (χ0n) is 13.0. The number of aromatic amines is 2. The minimum absolute atomic E-state index is 0. The second kappa shape index (κ2) is 7.58. The normalized spacial score (nSPS) is 10.1. The second-order valence-electron chi connectivity index (χ2n) is 4.64. The van der Waals surface area contributed by atoms with Gasteiger partial charge in [-0.15, -0.1) is 0 Å². The maximum absolute atomic E-state index is 10.4. The van der Waals surface area contributed by atoms with Crippen molar-refractivity contribution in [1.82, 2.24) is 39.9 Å². The summed E-state index contributed by atoms with van der Waals surface area (Å²) in [5, 5.41) is 20.8. The standard InChI is InChI=1S/2C6H5N5O2.Co/c2*7-3-2-4(9-1-8-2)11-5(10-3)6(12)13;/h2*1H,(H,12,13)(H3,7,8,9,10,11);/q;;+2/p-2. The van der Waals surface area contributed by atoms with Gasteiger partial charge in [0.15, 0.2) is 34.6 Å². The van der Waals surface area contributed by atoms with Crippen LogP contribution in [0.2, 0.25) is 0 Å². The van der Waals surface area contributed by atoms with Gasteiger partial charge < -0.3 is 41.2 Å². The topological polar surface area (TPSA) is 241 Å². The van der Waals surface area contributed by atoms with Crippen molar-refractivity contribution in [2.75, 3.05) is 11.5 Å². The Bertz CT molecular complexity index is 1050. The van der Waals surface area contributed by atoms with Gasteiger partial charge in [0.05, 0.1) is 12.7 Å². The van der Waals surface area contributed by atoms with E-state index in [-0.39, 0.29) is 39.7 Å². The number of nitrogens with one attached hydrogen (secondary N) is 2. The van der Waals surface area contributed by atoms with E-state index in [0.717, 1.165) is 0 Å². The summed E-state index contributed by atoms with van der Waals surface area (Å²) in [5.41, 5.74) is 12.1. The molecule has 27 heavy (non-hydrogen) atoms. The average Bonchev–Trinajstić information content (AvgIpc) is 3.24. The zero-order chi connectivity index (χ0) is 18.8. The van der Waals surface area contributed by atoms with Crippen LogP contribution < -0.4 is 21.7 Å². The summed E-state index contributed by atoms with van der Waals surface area (Å²) in [6.07, 6.45) is 2.71. The van der Waals surface area contributed by atoms with E-state index in [1.165, 1.54) is 12.7 Å². The minimum atomic E-state index is -1.48. The number of nitrogen functional groups attached to an aromatic ring is 2. The SMILES string of the molecule is Nc1nc(C(=O)[O-])nc2nc[nH]c12.Nc1nc(C(=O)[O-])nc2nc[nH]c12.[Co+2]. The predicted octanol–water partition coefficient (Wildman–Crippen LogP) is -3.41. The molecule has 0 bridgehead atoms. The fraction of sp³-hybridized carbons (Fsp3) is 0. The van der Waals surface area contributed by atoms with E-state index < -0.39 is 23.6 Å². The Balaban J connectivity index is 0.000000187. The average molecular weight is 415 g/mol. The van der Waals surface area contributed by atoms with Crippen molar-refractivity contribution < 1.29 is 36.6 Å². The van der Waals surface area contributed by atoms with E-state index in [4.69, 9.17) is 11.5 Å². The molecule has 0 saturated carbocycles. The number of imidazole rings is 2. The van der Waals surface area contributed by atoms with Gasteiger partial charge in [0.2, 0.25) is 0 Å². The molecule has 6 N–H and O–H groups in total. The second-order valence-corrected chi connectivity index (χ2v) is 4.64. The van der Waals surface area contributed by atoms with Crippen LogP contribution in [0, 0.1) is 0 Å². The number of carbonyl (C=O) groups excluding carboxylic acids is 2. The fourth-order valence-electron chi connectivity index (χ4n) is 1.89. The molecular weight excluding hydrogens is 407 g/mol. The fourth-order valence-corrected chi connectivity index (χ4v) is 1.89. The van der Waals surface area contributed by atoms with E-state index in [1.807, 2.05) is 0 Å². The number of H-pyrrole nitrogens is 2. The number of anilines is 2. The van der Waals surface area contributed by atoms with Gasteiger partial charge in [-0.2, -0.15) is 0 Å². The summed E-state index contributed by atoms with van der Waals surface area (Å²) in [4.78, 5) is 47.8. The van der Waals surface area contributed by atoms with Gasteiger partial charge in [0, 0.05) is 0 Å². The molecule has 14 nitrogen and oxygen atoms in total. The summed E-state index contributed by atoms with van der Waals surface area (Å²) in [6, 6.07) is 0. The van der Waals surface area contributed by atoms with Crippen molar-refractivity contribution in [3.8, 4) is 0 Å². The number of hydrogen-bond donors (Lipinski definition) is 4. The molecule has 0 atom stereocenters. The van der Waals surface area contributed by atoms with Gasteiger partial charge in [-0.1, -0.05) is 0 Å². The molecule has 0 fully saturated rings. The van der Waals surface area contributed by atoms with Crippen LogP contribution in [0.3, 0.4) is 0 Å². The van der Waals surface area contributed by atoms with Crippen LogP contribution in [0.5, 0.6) is 0 Å². The summed E-state index contributed by atoms with van der Waals surface area (Å²) >= 11 is 0. The molecule has 0 unspecified atom stereocenters. The first-order valence-corrected chi connectivity index (χ1v) is 6.72. The van der Waals surface area contributed by atoms with Crippen molar-refractivity contribution >= 4 is 45.9 Å². The molecule has 4 aromatic heterocycles. The minimum Gasteiger partial charge on any atom is -0.541 e. The van der Waals surface area contributed by atoms with Gasteiger partial charge in [-0.05, 0) is 0 Å². The summed E-state index contributed by atoms with van der Waals surface area (Å²) in [6.45, 7) is 0. The number of nitrogens with zero attached hydrogens (tertiary/aromatic N) is 6. The molecular formula is C12H8CoN10O4. The Kier molecular flexibility index (Phi) is 5.47. The van der Waals surface area contributed by atoms with Crippen LogP contribution >= 0.6 is 0 Å². The van der Waals surface area contributed by atoms with E-state index in [0.29, 0.717) is 11.0 Å². The predicted molar refractivity (Wildman–Crippen MR) is 80.9 cm³/mol. The van der Waals surface area contributed by atoms with E-state index in [1.54, 1.807) is 0 Å². The van der Waals surface area contributed by atoms with E-state index in [9.17, 15) is 19.8 Å². The van der Waals surface area contributed by atoms with Crippen LogP contribution in [0.25, 0.3) is 22.3 Å². The number of carboxylic acids is 2. The molecule has 4 aromatic rings. The molecule has 1 radical (unpaired) electrons. The monoisotopic (exact) mass is 415 g/mol. The Morgan fingerprint density at radius 2 is 1.15 bits per heavy atom. The van der Waals surface area contributed by atoms with E-state index >= 15 is 0 Å². The van der Waals surface area contributed by atoms with Gasteiger partial charge in [0.25, 0.3) is 0 Å². The Labute approximate surface area is 158 Å². The van der Waals surface area contributed by atoms with Crippen molar-refractivity contribution in [3.05, 3.63) is 24.3 Å². The first-order chi connectivity index (χ1) is 12.4. The van der Waals surface area contributed by atoms with Crippen molar-refractivity contribution in [2.45, 2.75) is 0 Å². The Morgan fingerprint density at radius 3 is 1.48 bits per heavy atom. The number of aromatic carboxylic acids is 2. The third-order valence-electron chi connectivity index (χ3n) is 2.99. The molecule has 0 saturated heterocycles. The molecule has 0 aliphatic heterocycles. The molecule has 0 aliphatic rings.